The lowest BCUT2D eigenvalue weighted by Gasteiger charge is -2.19. The number of carbonyl (C=O) groups excluding carboxylic acids is 2. The molecule has 5 nitrogen and oxygen atoms in total. The van der Waals surface area contributed by atoms with Crippen molar-refractivity contribution in [3.8, 4) is 0 Å². The maximum atomic E-state index is 12.5. The minimum absolute atomic E-state index is 0.214. The summed E-state index contributed by atoms with van der Waals surface area (Å²) in [6.45, 7) is 7.29. The van der Waals surface area contributed by atoms with E-state index in [1.54, 1.807) is 40.0 Å². The molecule has 1 heterocycles. The van der Waals surface area contributed by atoms with E-state index in [2.05, 4.69) is 4.98 Å². The number of imidazole rings is 1. The molecule has 0 aliphatic rings. The Balaban J connectivity index is 2.31. The number of aryl methyl sites for hydroxylation is 1. The number of ketones is 1. The summed E-state index contributed by atoms with van der Waals surface area (Å²) in [5, 5.41) is 0. The van der Waals surface area contributed by atoms with Crippen molar-refractivity contribution in [2.24, 2.45) is 7.05 Å². The van der Waals surface area contributed by atoms with Crippen molar-refractivity contribution in [2.75, 3.05) is 0 Å². The summed E-state index contributed by atoms with van der Waals surface area (Å²) >= 11 is 0. The summed E-state index contributed by atoms with van der Waals surface area (Å²) in [6.07, 6.45) is 1.37. The lowest BCUT2D eigenvalue weighted by molar-refractivity contribution is 0.00589. The van der Waals surface area contributed by atoms with Crippen molar-refractivity contribution in [1.82, 2.24) is 9.55 Å². The maximum Gasteiger partial charge on any atom is 0.357 e. The Morgan fingerprint density at radius 2 is 1.91 bits per heavy atom. The molecular formula is C17H20N2O3. The van der Waals surface area contributed by atoms with Gasteiger partial charge in [-0.2, -0.15) is 0 Å². The van der Waals surface area contributed by atoms with Crippen LogP contribution in [-0.2, 0) is 11.8 Å². The Bertz CT molecular complexity index is 724. The molecule has 0 unspecified atom stereocenters. The van der Waals surface area contributed by atoms with Crippen LogP contribution in [0.25, 0.3) is 0 Å². The monoisotopic (exact) mass is 300 g/mol. The van der Waals surface area contributed by atoms with Gasteiger partial charge in [0.2, 0.25) is 5.78 Å². The summed E-state index contributed by atoms with van der Waals surface area (Å²) in [5.41, 5.74) is 1.20. The minimum atomic E-state index is -0.595. The van der Waals surface area contributed by atoms with Crippen molar-refractivity contribution in [1.29, 1.82) is 0 Å². The van der Waals surface area contributed by atoms with Crippen LogP contribution in [0.5, 0.6) is 0 Å². The van der Waals surface area contributed by atoms with Crippen molar-refractivity contribution in [3.05, 3.63) is 53.1 Å². The lowest BCUT2D eigenvalue weighted by atomic mass is 10.1. The van der Waals surface area contributed by atoms with E-state index in [0.717, 1.165) is 5.56 Å². The second-order valence-corrected chi connectivity index (χ2v) is 6.23. The molecule has 0 bridgehead atoms. The number of hydrogen-bond donors (Lipinski definition) is 0. The molecule has 2 aromatic rings. The molecule has 2 rings (SSSR count). The molecule has 0 aliphatic heterocycles. The molecule has 0 saturated heterocycles. The molecule has 1 aromatic carbocycles. The predicted octanol–water partition coefficient (Wildman–Crippen LogP) is 2.91. The third kappa shape index (κ3) is 3.42. The first-order valence-corrected chi connectivity index (χ1v) is 7.05. The van der Waals surface area contributed by atoms with Gasteiger partial charge in [-0.15, -0.1) is 0 Å². The van der Waals surface area contributed by atoms with Crippen LogP contribution in [0, 0.1) is 6.92 Å². The van der Waals surface area contributed by atoms with Gasteiger partial charge >= 0.3 is 5.97 Å². The summed E-state index contributed by atoms with van der Waals surface area (Å²) < 4.78 is 6.78. The number of ether oxygens (including phenoxy) is 1. The molecule has 0 atom stereocenters. The molecule has 0 spiro atoms. The van der Waals surface area contributed by atoms with Crippen molar-refractivity contribution >= 4 is 11.8 Å². The van der Waals surface area contributed by atoms with Crippen LogP contribution in [0.3, 0.4) is 0 Å². The third-order valence-electron chi connectivity index (χ3n) is 3.08. The average molecular weight is 300 g/mol. The first-order chi connectivity index (χ1) is 10.2. The predicted molar refractivity (Wildman–Crippen MR) is 83.0 cm³/mol. The van der Waals surface area contributed by atoms with Gasteiger partial charge in [0.15, 0.2) is 5.82 Å². The van der Waals surface area contributed by atoms with Gasteiger partial charge in [0.05, 0.1) is 6.20 Å². The molecule has 1 aromatic heterocycles. The lowest BCUT2D eigenvalue weighted by Crippen LogP contribution is -2.25. The van der Waals surface area contributed by atoms with Gasteiger partial charge in [-0.05, 0) is 33.8 Å². The van der Waals surface area contributed by atoms with Gasteiger partial charge in [0, 0.05) is 12.6 Å². The van der Waals surface area contributed by atoms with E-state index in [-0.39, 0.29) is 17.3 Å². The second-order valence-electron chi connectivity index (χ2n) is 6.23. The van der Waals surface area contributed by atoms with E-state index >= 15 is 0 Å². The SMILES string of the molecule is Cc1cccc(C(=O)c2ncc(C(=O)OC(C)(C)C)n2C)c1. The number of nitrogens with zero attached hydrogens (tertiary/aromatic N) is 2. The highest BCUT2D eigenvalue weighted by atomic mass is 16.6. The molecule has 0 fully saturated rings. The van der Waals surface area contributed by atoms with E-state index < -0.39 is 11.6 Å². The molecule has 5 heteroatoms. The Kier molecular flexibility index (Phi) is 4.17. The van der Waals surface area contributed by atoms with Crippen LogP contribution >= 0.6 is 0 Å². The van der Waals surface area contributed by atoms with E-state index in [1.165, 1.54) is 10.8 Å². The summed E-state index contributed by atoms with van der Waals surface area (Å²) in [7, 11) is 1.63. The van der Waals surface area contributed by atoms with E-state index in [4.69, 9.17) is 4.74 Å². The fourth-order valence-electron chi connectivity index (χ4n) is 2.06. The Morgan fingerprint density at radius 3 is 2.50 bits per heavy atom. The number of esters is 1. The first-order valence-electron chi connectivity index (χ1n) is 7.05. The molecular weight excluding hydrogens is 280 g/mol. The van der Waals surface area contributed by atoms with Gasteiger partial charge in [0.1, 0.15) is 11.3 Å². The number of carbonyl (C=O) groups is 2. The van der Waals surface area contributed by atoms with Crippen molar-refractivity contribution < 1.29 is 14.3 Å². The van der Waals surface area contributed by atoms with E-state index in [0.29, 0.717) is 5.56 Å². The van der Waals surface area contributed by atoms with Crippen LogP contribution < -0.4 is 0 Å². The van der Waals surface area contributed by atoms with Gasteiger partial charge in [-0.3, -0.25) is 4.79 Å². The van der Waals surface area contributed by atoms with Gasteiger partial charge < -0.3 is 9.30 Å². The van der Waals surface area contributed by atoms with Crippen LogP contribution in [0.15, 0.2) is 30.5 Å². The zero-order valence-electron chi connectivity index (χ0n) is 13.5. The smallest absolute Gasteiger partial charge is 0.357 e. The van der Waals surface area contributed by atoms with Crippen LogP contribution in [-0.4, -0.2) is 26.9 Å². The summed E-state index contributed by atoms with van der Waals surface area (Å²) in [5.74, 6) is -0.502. The zero-order valence-corrected chi connectivity index (χ0v) is 13.5. The number of benzene rings is 1. The highest BCUT2D eigenvalue weighted by Gasteiger charge is 2.24. The molecule has 0 aliphatic carbocycles. The fourth-order valence-corrected chi connectivity index (χ4v) is 2.06. The largest absolute Gasteiger partial charge is 0.455 e. The maximum absolute atomic E-state index is 12.5. The Morgan fingerprint density at radius 1 is 1.23 bits per heavy atom. The average Bonchev–Trinajstić information content (AvgIpc) is 2.78. The van der Waals surface area contributed by atoms with Gasteiger partial charge in [0.25, 0.3) is 0 Å². The van der Waals surface area contributed by atoms with Crippen molar-refractivity contribution in [2.45, 2.75) is 33.3 Å². The topological polar surface area (TPSA) is 61.2 Å². The number of rotatable bonds is 3. The molecule has 0 radical (unpaired) electrons. The second kappa shape index (κ2) is 5.75. The minimum Gasteiger partial charge on any atom is -0.455 e. The highest BCUT2D eigenvalue weighted by molar-refractivity contribution is 6.07. The molecule has 0 saturated carbocycles. The number of hydrogen-bond acceptors (Lipinski definition) is 4. The first kappa shape index (κ1) is 15.9. The Hall–Kier alpha value is -2.43. The van der Waals surface area contributed by atoms with E-state index in [9.17, 15) is 9.59 Å². The summed E-state index contributed by atoms with van der Waals surface area (Å²) in [6, 6.07) is 7.27. The standard InChI is InChI=1S/C17H20N2O3/c1-11-7-6-8-12(9-11)14(20)15-18-10-13(19(15)5)16(21)22-17(2,3)4/h6-10H,1-5H3. The summed E-state index contributed by atoms with van der Waals surface area (Å²) in [4.78, 5) is 28.7. The molecule has 116 valence electrons. The molecule has 22 heavy (non-hydrogen) atoms. The third-order valence-corrected chi connectivity index (χ3v) is 3.08. The normalized spacial score (nSPS) is 11.3. The quantitative estimate of drug-likeness (QED) is 0.646. The van der Waals surface area contributed by atoms with Crippen LogP contribution in [0.4, 0.5) is 0 Å². The zero-order chi connectivity index (χ0) is 16.5. The number of aromatic nitrogens is 2. The fraction of sp³-hybridized carbons (Fsp3) is 0.353. The van der Waals surface area contributed by atoms with Crippen LogP contribution in [0.2, 0.25) is 0 Å². The van der Waals surface area contributed by atoms with Crippen molar-refractivity contribution in [3.63, 3.8) is 0 Å². The molecule has 0 amide bonds. The highest BCUT2D eigenvalue weighted by Crippen LogP contribution is 2.15. The van der Waals surface area contributed by atoms with Gasteiger partial charge in [-0.25, -0.2) is 9.78 Å². The van der Waals surface area contributed by atoms with Crippen LogP contribution in [0.1, 0.15) is 53.0 Å². The van der Waals surface area contributed by atoms with E-state index in [1.807, 2.05) is 19.1 Å². The van der Waals surface area contributed by atoms with Gasteiger partial charge in [-0.1, -0.05) is 23.8 Å². The Labute approximate surface area is 129 Å². The molecule has 0 N–H and O–H groups in total.